The molecular weight excluding hydrogens is 735 g/mol. The molecule has 4 heterocycles. The lowest BCUT2D eigenvalue weighted by Crippen LogP contribution is -1.99. The lowest BCUT2D eigenvalue weighted by molar-refractivity contribution is 0.669. The van der Waals surface area contributed by atoms with Crippen molar-refractivity contribution in [3.05, 3.63) is 176 Å². The SMILES string of the molecule is c1ccc(-c2nc(-c3ccccc3)nc(-c3ccc4c(c3)sc3cc(-c5ccc(-c6ccc7oc8ccccc8c7c6)c6sc7ccccc7c56)ccc34)n2)cc1. The molecule has 0 saturated carbocycles. The maximum Gasteiger partial charge on any atom is 0.164 e. The van der Waals surface area contributed by atoms with Crippen molar-refractivity contribution in [1.29, 1.82) is 0 Å². The Hall–Kier alpha value is -6.99. The number of rotatable bonds is 5. The van der Waals surface area contributed by atoms with Crippen LogP contribution in [-0.2, 0) is 0 Å². The third kappa shape index (κ3) is 5.30. The summed E-state index contributed by atoms with van der Waals surface area (Å²) >= 11 is 3.69. The first-order valence-electron chi connectivity index (χ1n) is 18.9. The molecule has 57 heavy (non-hydrogen) atoms. The van der Waals surface area contributed by atoms with Gasteiger partial charge in [0.05, 0.1) is 0 Å². The van der Waals surface area contributed by atoms with E-state index in [9.17, 15) is 0 Å². The number of hydrogen-bond acceptors (Lipinski definition) is 6. The van der Waals surface area contributed by atoms with E-state index in [1.165, 1.54) is 62.6 Å². The number of hydrogen-bond donors (Lipinski definition) is 0. The first-order valence-corrected chi connectivity index (χ1v) is 20.6. The molecule has 0 saturated heterocycles. The van der Waals surface area contributed by atoms with Crippen LogP contribution < -0.4 is 0 Å². The third-order valence-electron chi connectivity index (χ3n) is 11.0. The number of benzene rings is 8. The van der Waals surface area contributed by atoms with Crippen LogP contribution in [0, 0.1) is 0 Å². The van der Waals surface area contributed by atoms with Crippen LogP contribution in [0.15, 0.2) is 180 Å². The van der Waals surface area contributed by atoms with Gasteiger partial charge >= 0.3 is 0 Å². The number of aromatic nitrogens is 3. The predicted molar refractivity (Wildman–Crippen MR) is 240 cm³/mol. The smallest absolute Gasteiger partial charge is 0.164 e. The molecule has 0 aliphatic rings. The summed E-state index contributed by atoms with van der Waals surface area (Å²) in [6, 6.07) is 62.1. The second kappa shape index (κ2) is 12.8. The zero-order chi connectivity index (χ0) is 37.5. The summed E-state index contributed by atoms with van der Waals surface area (Å²) in [5.74, 6) is 1.98. The van der Waals surface area contributed by atoms with Gasteiger partial charge in [-0.15, -0.1) is 22.7 Å². The maximum absolute atomic E-state index is 6.18. The summed E-state index contributed by atoms with van der Waals surface area (Å²) in [7, 11) is 0. The monoisotopic (exact) mass is 763 g/mol. The Morgan fingerprint density at radius 3 is 1.61 bits per heavy atom. The highest BCUT2D eigenvalue weighted by molar-refractivity contribution is 7.26. The fourth-order valence-electron chi connectivity index (χ4n) is 8.21. The lowest BCUT2D eigenvalue weighted by Gasteiger charge is -2.10. The molecule has 4 nitrogen and oxygen atoms in total. The molecule has 0 radical (unpaired) electrons. The van der Waals surface area contributed by atoms with Gasteiger partial charge in [-0.2, -0.15) is 0 Å². The molecule has 0 bridgehead atoms. The Morgan fingerprint density at radius 2 is 0.877 bits per heavy atom. The largest absolute Gasteiger partial charge is 0.456 e. The van der Waals surface area contributed by atoms with Gasteiger partial charge in [0.25, 0.3) is 0 Å². The van der Waals surface area contributed by atoms with Crippen LogP contribution in [0.5, 0.6) is 0 Å². The topological polar surface area (TPSA) is 51.8 Å². The number of nitrogens with zero attached hydrogens (tertiary/aromatic N) is 3. The summed E-state index contributed by atoms with van der Waals surface area (Å²) in [4.78, 5) is 14.9. The zero-order valence-electron chi connectivity index (χ0n) is 30.3. The Bertz CT molecular complexity index is 3470. The van der Waals surface area contributed by atoms with Gasteiger partial charge in [0.2, 0.25) is 0 Å². The van der Waals surface area contributed by atoms with Crippen LogP contribution in [-0.4, -0.2) is 15.0 Å². The number of thiophene rings is 2. The molecule has 0 fully saturated rings. The zero-order valence-corrected chi connectivity index (χ0v) is 31.9. The van der Waals surface area contributed by atoms with Crippen molar-refractivity contribution in [3.8, 4) is 56.4 Å². The van der Waals surface area contributed by atoms with Crippen LogP contribution in [0.2, 0.25) is 0 Å². The number of furan rings is 1. The number of fused-ring (bicyclic) bond motifs is 9. The summed E-state index contributed by atoms with van der Waals surface area (Å²) in [5, 5.41) is 7.35. The molecule has 6 heteroatoms. The molecule has 266 valence electrons. The van der Waals surface area contributed by atoms with E-state index >= 15 is 0 Å². The van der Waals surface area contributed by atoms with Crippen molar-refractivity contribution in [3.63, 3.8) is 0 Å². The van der Waals surface area contributed by atoms with Crippen molar-refractivity contribution in [2.75, 3.05) is 0 Å². The van der Waals surface area contributed by atoms with Crippen molar-refractivity contribution in [1.82, 2.24) is 15.0 Å². The molecule has 4 aromatic heterocycles. The van der Waals surface area contributed by atoms with Crippen LogP contribution >= 0.6 is 22.7 Å². The minimum Gasteiger partial charge on any atom is -0.456 e. The van der Waals surface area contributed by atoms with Crippen molar-refractivity contribution >= 4 is 85.0 Å². The highest BCUT2D eigenvalue weighted by atomic mass is 32.1. The Labute approximate surface area is 335 Å². The third-order valence-corrected chi connectivity index (χ3v) is 13.3. The molecule has 12 rings (SSSR count). The van der Waals surface area contributed by atoms with Crippen molar-refractivity contribution in [2.24, 2.45) is 0 Å². The van der Waals surface area contributed by atoms with Crippen LogP contribution in [0.4, 0.5) is 0 Å². The summed E-state index contributed by atoms with van der Waals surface area (Å²) in [5.41, 5.74) is 9.60. The van der Waals surface area contributed by atoms with Crippen LogP contribution in [0.3, 0.4) is 0 Å². The summed E-state index contributed by atoms with van der Waals surface area (Å²) in [6.07, 6.45) is 0. The molecular formula is C51H29N3OS2. The Morgan fingerprint density at radius 1 is 0.333 bits per heavy atom. The first-order chi connectivity index (χ1) is 28.2. The second-order valence-corrected chi connectivity index (χ2v) is 16.5. The molecule has 0 N–H and O–H groups in total. The van der Waals surface area contributed by atoms with E-state index in [2.05, 4.69) is 103 Å². The van der Waals surface area contributed by atoms with Gasteiger partial charge in [-0.1, -0.05) is 140 Å². The maximum atomic E-state index is 6.18. The van der Waals surface area contributed by atoms with Gasteiger partial charge < -0.3 is 4.42 Å². The highest BCUT2D eigenvalue weighted by Gasteiger charge is 2.19. The molecule has 0 amide bonds. The van der Waals surface area contributed by atoms with Crippen molar-refractivity contribution < 1.29 is 4.42 Å². The number of para-hydroxylation sites is 1. The lowest BCUT2D eigenvalue weighted by atomic mass is 9.94. The quantitative estimate of drug-likeness (QED) is 0.175. The van der Waals surface area contributed by atoms with Gasteiger partial charge in [-0.05, 0) is 58.7 Å². The normalized spacial score (nSPS) is 11.9. The first kappa shape index (κ1) is 32.3. The molecule has 0 spiro atoms. The predicted octanol–water partition coefficient (Wildman–Crippen LogP) is 14.8. The van der Waals surface area contributed by atoms with Crippen LogP contribution in [0.25, 0.3) is 119 Å². The molecule has 12 aromatic rings. The minimum absolute atomic E-state index is 0.661. The molecule has 0 aliphatic carbocycles. The molecule has 0 aliphatic heterocycles. The highest BCUT2D eigenvalue weighted by Crippen LogP contribution is 2.47. The van der Waals surface area contributed by atoms with Gasteiger partial charge in [0.15, 0.2) is 17.5 Å². The van der Waals surface area contributed by atoms with Gasteiger partial charge in [0, 0.05) is 67.8 Å². The fourth-order valence-corrected chi connectivity index (χ4v) is 10.7. The van der Waals surface area contributed by atoms with E-state index < -0.39 is 0 Å². The molecule has 8 aromatic carbocycles. The van der Waals surface area contributed by atoms with Gasteiger partial charge in [-0.25, -0.2) is 15.0 Å². The van der Waals surface area contributed by atoms with Gasteiger partial charge in [0.1, 0.15) is 11.2 Å². The Balaban J connectivity index is 0.986. The van der Waals surface area contributed by atoms with E-state index in [1.54, 1.807) is 0 Å². The molecule has 0 atom stereocenters. The van der Waals surface area contributed by atoms with E-state index in [0.717, 1.165) is 38.6 Å². The molecule has 0 unspecified atom stereocenters. The summed E-state index contributed by atoms with van der Waals surface area (Å²) < 4.78 is 11.2. The van der Waals surface area contributed by atoms with Gasteiger partial charge in [-0.3, -0.25) is 0 Å². The van der Waals surface area contributed by atoms with Crippen LogP contribution in [0.1, 0.15) is 0 Å². The van der Waals surface area contributed by atoms with E-state index in [0.29, 0.717) is 17.5 Å². The second-order valence-electron chi connectivity index (χ2n) is 14.3. The van der Waals surface area contributed by atoms with E-state index in [-0.39, 0.29) is 0 Å². The fraction of sp³-hybridized carbons (Fsp3) is 0. The van der Waals surface area contributed by atoms with Crippen molar-refractivity contribution in [2.45, 2.75) is 0 Å². The standard InChI is InChI=1S/C51H29N3OS2/c1-3-11-30(12-4-1)49-52-50(31-13-5-2-6-14-31)54-51(53-49)34-20-23-39-38-22-19-33(28-45(38)56-46(39)29-34)35-24-25-36(48-47(35)40-16-8-10-18-44(40)57-48)32-21-26-43-41(27-32)37-15-7-9-17-42(37)55-43/h1-29H. The van der Waals surface area contributed by atoms with E-state index in [1.807, 2.05) is 95.5 Å². The van der Waals surface area contributed by atoms with E-state index in [4.69, 9.17) is 19.4 Å². The average Bonchev–Trinajstić information content (AvgIpc) is 3.97. The average molecular weight is 764 g/mol. The minimum atomic E-state index is 0.661. The summed E-state index contributed by atoms with van der Waals surface area (Å²) in [6.45, 7) is 0. The Kier molecular flexibility index (Phi) is 7.24.